The number of nitrogens with zero attached hydrogens (tertiary/aromatic N) is 1. The van der Waals surface area contributed by atoms with Gasteiger partial charge in [-0.05, 0) is 31.0 Å². The maximum absolute atomic E-state index is 12.0. The van der Waals surface area contributed by atoms with E-state index in [0.29, 0.717) is 5.02 Å². The fourth-order valence-electron chi connectivity index (χ4n) is 2.04. The van der Waals surface area contributed by atoms with Crippen molar-refractivity contribution in [3.63, 3.8) is 0 Å². The van der Waals surface area contributed by atoms with E-state index in [1.807, 2.05) is 26.0 Å². The molecule has 1 aromatic rings. The van der Waals surface area contributed by atoms with Crippen LogP contribution in [0.2, 0.25) is 5.02 Å². The third-order valence-electron chi connectivity index (χ3n) is 3.00. The van der Waals surface area contributed by atoms with Crippen LogP contribution in [0.4, 0.5) is 11.4 Å². The van der Waals surface area contributed by atoms with E-state index in [0.717, 1.165) is 23.4 Å². The van der Waals surface area contributed by atoms with E-state index >= 15 is 0 Å². The highest BCUT2D eigenvalue weighted by Crippen LogP contribution is 2.36. The third kappa shape index (κ3) is 1.65. The maximum atomic E-state index is 12.0. The number of carbonyl (C=O) groups excluding carboxylic acids is 1. The summed E-state index contributed by atoms with van der Waals surface area (Å²) in [7, 11) is 1.79. The van der Waals surface area contributed by atoms with Gasteiger partial charge in [0.15, 0.2) is 0 Å². The first-order valence-electron chi connectivity index (χ1n) is 5.38. The minimum absolute atomic E-state index is 0.0941. The van der Waals surface area contributed by atoms with Gasteiger partial charge in [0.2, 0.25) is 5.91 Å². The van der Waals surface area contributed by atoms with E-state index in [9.17, 15) is 4.79 Å². The summed E-state index contributed by atoms with van der Waals surface area (Å²) >= 11 is 6.00. The molecule has 1 aromatic carbocycles. The van der Waals surface area contributed by atoms with Crippen LogP contribution < -0.4 is 10.2 Å². The summed E-state index contributed by atoms with van der Waals surface area (Å²) < 4.78 is 0. The van der Waals surface area contributed by atoms with E-state index in [2.05, 4.69) is 5.32 Å². The number of anilines is 2. The molecule has 4 heteroatoms. The number of hydrogen-bond acceptors (Lipinski definition) is 2. The number of fused-ring (bicyclic) bond motifs is 1. The van der Waals surface area contributed by atoms with E-state index in [1.165, 1.54) is 0 Å². The first-order chi connectivity index (χ1) is 7.54. The predicted octanol–water partition coefficient (Wildman–Crippen LogP) is 2.82. The van der Waals surface area contributed by atoms with Crippen LogP contribution in [0.25, 0.3) is 0 Å². The Labute approximate surface area is 100 Å². The van der Waals surface area contributed by atoms with Gasteiger partial charge < -0.3 is 10.2 Å². The standard InChI is InChI=1S/C12H15ClN2O/c1-4-9-12(16)15(3)10-6-8(13)5-7(2)11(10)14-9/h5-6,9,14H,4H2,1-3H3. The van der Waals surface area contributed by atoms with Crippen molar-refractivity contribution in [2.45, 2.75) is 26.3 Å². The van der Waals surface area contributed by atoms with Crippen LogP contribution in [0.1, 0.15) is 18.9 Å². The zero-order chi connectivity index (χ0) is 11.9. The lowest BCUT2D eigenvalue weighted by Gasteiger charge is -2.33. The Hall–Kier alpha value is -1.22. The maximum Gasteiger partial charge on any atom is 0.249 e. The summed E-state index contributed by atoms with van der Waals surface area (Å²) in [6, 6.07) is 3.60. The molecule has 0 fully saturated rings. The fraction of sp³-hybridized carbons (Fsp3) is 0.417. The summed E-state index contributed by atoms with van der Waals surface area (Å²) in [5.41, 5.74) is 2.94. The number of hydrogen-bond donors (Lipinski definition) is 1. The van der Waals surface area contributed by atoms with Crippen LogP contribution in [0.5, 0.6) is 0 Å². The minimum Gasteiger partial charge on any atom is -0.372 e. The molecule has 1 aliphatic heterocycles. The lowest BCUT2D eigenvalue weighted by Crippen LogP contribution is -2.45. The van der Waals surface area contributed by atoms with Crippen LogP contribution in [0.15, 0.2) is 12.1 Å². The van der Waals surface area contributed by atoms with Gasteiger partial charge in [-0.15, -0.1) is 0 Å². The predicted molar refractivity (Wildman–Crippen MR) is 67.3 cm³/mol. The Morgan fingerprint density at radius 2 is 2.19 bits per heavy atom. The highest BCUT2D eigenvalue weighted by Gasteiger charge is 2.29. The van der Waals surface area contributed by atoms with Gasteiger partial charge in [0.25, 0.3) is 0 Å². The van der Waals surface area contributed by atoms with Gasteiger partial charge in [-0.1, -0.05) is 18.5 Å². The van der Waals surface area contributed by atoms with Gasteiger partial charge in [0, 0.05) is 12.1 Å². The lowest BCUT2D eigenvalue weighted by atomic mass is 10.0. The number of benzene rings is 1. The Balaban J connectivity index is 2.54. The minimum atomic E-state index is -0.127. The fourth-order valence-corrected chi connectivity index (χ4v) is 2.31. The second-order valence-corrected chi connectivity index (χ2v) is 4.56. The van der Waals surface area contributed by atoms with Gasteiger partial charge in [-0.3, -0.25) is 4.79 Å². The average molecular weight is 239 g/mol. The molecule has 86 valence electrons. The molecule has 0 spiro atoms. The highest BCUT2D eigenvalue weighted by atomic mass is 35.5. The lowest BCUT2D eigenvalue weighted by molar-refractivity contribution is -0.119. The molecule has 3 nitrogen and oxygen atoms in total. The molecule has 0 bridgehead atoms. The van der Waals surface area contributed by atoms with Gasteiger partial charge in [0.1, 0.15) is 6.04 Å². The Kier molecular flexibility index (Phi) is 2.80. The zero-order valence-corrected chi connectivity index (χ0v) is 10.4. The van der Waals surface area contributed by atoms with Gasteiger partial charge in [0.05, 0.1) is 11.4 Å². The van der Waals surface area contributed by atoms with Gasteiger partial charge in [-0.2, -0.15) is 0 Å². The number of carbonyl (C=O) groups is 1. The summed E-state index contributed by atoms with van der Waals surface area (Å²) in [4.78, 5) is 13.6. The summed E-state index contributed by atoms with van der Waals surface area (Å²) in [5, 5.41) is 3.93. The largest absolute Gasteiger partial charge is 0.372 e. The Bertz CT molecular complexity index is 445. The molecule has 1 atom stereocenters. The number of likely N-dealkylation sites (N-methyl/N-ethyl adjacent to an activating group) is 1. The number of rotatable bonds is 1. The van der Waals surface area contributed by atoms with Crippen LogP contribution in [-0.2, 0) is 4.79 Å². The van der Waals surface area contributed by atoms with E-state index in [1.54, 1.807) is 11.9 Å². The normalized spacial score (nSPS) is 19.4. The molecule has 16 heavy (non-hydrogen) atoms. The number of amides is 1. The van der Waals surface area contributed by atoms with Crippen molar-refractivity contribution >= 4 is 28.9 Å². The SMILES string of the molecule is CCC1Nc2c(C)cc(Cl)cc2N(C)C1=O. The smallest absolute Gasteiger partial charge is 0.249 e. The van der Waals surface area contributed by atoms with Crippen molar-refractivity contribution in [2.75, 3.05) is 17.3 Å². The van der Waals surface area contributed by atoms with Crippen molar-refractivity contribution in [1.82, 2.24) is 0 Å². The Morgan fingerprint density at radius 3 is 2.81 bits per heavy atom. The second kappa shape index (κ2) is 3.98. The monoisotopic (exact) mass is 238 g/mol. The molecule has 1 unspecified atom stereocenters. The van der Waals surface area contributed by atoms with Crippen molar-refractivity contribution in [1.29, 1.82) is 0 Å². The zero-order valence-electron chi connectivity index (χ0n) is 9.67. The summed E-state index contributed by atoms with van der Waals surface area (Å²) in [6.07, 6.45) is 0.782. The van der Waals surface area contributed by atoms with Crippen molar-refractivity contribution < 1.29 is 4.79 Å². The molecular formula is C12H15ClN2O. The molecule has 0 radical (unpaired) electrons. The van der Waals surface area contributed by atoms with Gasteiger partial charge >= 0.3 is 0 Å². The number of halogens is 1. The summed E-state index contributed by atoms with van der Waals surface area (Å²) in [5.74, 6) is 0.0941. The molecule has 0 saturated heterocycles. The Morgan fingerprint density at radius 1 is 1.50 bits per heavy atom. The average Bonchev–Trinajstić information content (AvgIpc) is 2.24. The van der Waals surface area contributed by atoms with E-state index in [-0.39, 0.29) is 11.9 Å². The first kappa shape index (κ1) is 11.3. The molecule has 1 amide bonds. The first-order valence-corrected chi connectivity index (χ1v) is 5.76. The molecule has 1 N–H and O–H groups in total. The third-order valence-corrected chi connectivity index (χ3v) is 3.21. The van der Waals surface area contributed by atoms with Crippen molar-refractivity contribution in [3.8, 4) is 0 Å². The van der Waals surface area contributed by atoms with Gasteiger partial charge in [-0.25, -0.2) is 0 Å². The van der Waals surface area contributed by atoms with Crippen molar-refractivity contribution in [3.05, 3.63) is 22.7 Å². The van der Waals surface area contributed by atoms with E-state index < -0.39 is 0 Å². The quantitative estimate of drug-likeness (QED) is 0.816. The molecule has 2 rings (SSSR count). The topological polar surface area (TPSA) is 32.3 Å². The van der Waals surface area contributed by atoms with Crippen LogP contribution in [-0.4, -0.2) is 19.0 Å². The second-order valence-electron chi connectivity index (χ2n) is 4.12. The molecular weight excluding hydrogens is 224 g/mol. The molecule has 0 aliphatic carbocycles. The number of aryl methyl sites for hydroxylation is 1. The van der Waals surface area contributed by atoms with E-state index in [4.69, 9.17) is 11.6 Å². The molecule has 0 aromatic heterocycles. The molecule has 1 aliphatic rings. The van der Waals surface area contributed by atoms with Crippen molar-refractivity contribution in [2.24, 2.45) is 0 Å². The van der Waals surface area contributed by atoms with Crippen LogP contribution in [0.3, 0.4) is 0 Å². The van der Waals surface area contributed by atoms with Crippen LogP contribution >= 0.6 is 11.6 Å². The molecule has 0 saturated carbocycles. The molecule has 1 heterocycles. The highest BCUT2D eigenvalue weighted by molar-refractivity contribution is 6.31. The van der Waals surface area contributed by atoms with Crippen LogP contribution in [0, 0.1) is 6.92 Å². The summed E-state index contributed by atoms with van der Waals surface area (Å²) in [6.45, 7) is 3.99. The number of nitrogens with one attached hydrogen (secondary N) is 1.